The first-order chi connectivity index (χ1) is 14.6. The molecule has 5 nitrogen and oxygen atoms in total. The van der Waals surface area contributed by atoms with E-state index < -0.39 is 27.8 Å². The Kier molecular flexibility index (Phi) is 7.50. The minimum absolute atomic E-state index is 0.0389. The van der Waals surface area contributed by atoms with E-state index in [9.17, 15) is 17.6 Å². The quantitative estimate of drug-likeness (QED) is 0.593. The van der Waals surface area contributed by atoms with Crippen molar-refractivity contribution < 1.29 is 17.6 Å². The number of anilines is 1. The van der Waals surface area contributed by atoms with Gasteiger partial charge in [-0.3, -0.25) is 9.10 Å². The second kappa shape index (κ2) is 9.76. The fourth-order valence-electron chi connectivity index (χ4n) is 3.91. The van der Waals surface area contributed by atoms with E-state index in [4.69, 9.17) is 23.2 Å². The van der Waals surface area contributed by atoms with Gasteiger partial charge in [0.1, 0.15) is 11.9 Å². The third-order valence-electron chi connectivity index (χ3n) is 5.53. The number of carbonyl (C=O) groups is 1. The Balaban J connectivity index is 2.00. The minimum Gasteiger partial charge on any atom is -0.352 e. The van der Waals surface area contributed by atoms with Crippen LogP contribution in [0.15, 0.2) is 47.4 Å². The normalized spacial score (nSPS) is 20.2. The summed E-state index contributed by atoms with van der Waals surface area (Å²) in [7, 11) is -4.29. The fraction of sp³-hybridized carbons (Fsp3) is 0.409. The molecule has 0 saturated heterocycles. The van der Waals surface area contributed by atoms with Gasteiger partial charge in [0.05, 0.1) is 10.6 Å². The molecular formula is C22H25Cl2FN2O3S. The Morgan fingerprint density at radius 3 is 2.42 bits per heavy atom. The van der Waals surface area contributed by atoms with E-state index in [1.807, 2.05) is 0 Å². The SMILES string of the molecule is CC1CCCC(NC(=O)C(C)N(c2cc(Cl)ccc2F)S(=O)(=O)c2ccc(Cl)cc2)C1. The Bertz CT molecular complexity index is 1050. The smallest absolute Gasteiger partial charge is 0.265 e. The maximum absolute atomic E-state index is 14.7. The van der Waals surface area contributed by atoms with Gasteiger partial charge in [0.25, 0.3) is 10.0 Å². The van der Waals surface area contributed by atoms with Crippen LogP contribution < -0.4 is 9.62 Å². The van der Waals surface area contributed by atoms with Crippen molar-refractivity contribution in [3.8, 4) is 0 Å². The lowest BCUT2D eigenvalue weighted by Gasteiger charge is -2.33. The van der Waals surface area contributed by atoms with Crippen LogP contribution in [0.4, 0.5) is 10.1 Å². The van der Waals surface area contributed by atoms with Gasteiger partial charge < -0.3 is 5.32 Å². The van der Waals surface area contributed by atoms with Crippen LogP contribution in [-0.4, -0.2) is 26.4 Å². The van der Waals surface area contributed by atoms with E-state index in [2.05, 4.69) is 12.2 Å². The van der Waals surface area contributed by atoms with Crippen LogP contribution in [-0.2, 0) is 14.8 Å². The highest BCUT2D eigenvalue weighted by atomic mass is 35.5. The molecule has 3 atom stereocenters. The summed E-state index contributed by atoms with van der Waals surface area (Å²) in [6.45, 7) is 3.57. The molecule has 3 unspecified atom stereocenters. The lowest BCUT2D eigenvalue weighted by atomic mass is 9.87. The zero-order valence-corrected chi connectivity index (χ0v) is 19.6. The number of hydrogen-bond acceptors (Lipinski definition) is 3. The van der Waals surface area contributed by atoms with Crippen LogP contribution >= 0.6 is 23.2 Å². The summed E-state index contributed by atoms with van der Waals surface area (Å²) in [5.41, 5.74) is -0.290. The van der Waals surface area contributed by atoms with E-state index in [1.165, 1.54) is 43.3 Å². The lowest BCUT2D eigenvalue weighted by Crippen LogP contribution is -2.51. The molecule has 0 heterocycles. The van der Waals surface area contributed by atoms with Gasteiger partial charge in [-0.15, -0.1) is 0 Å². The molecule has 0 aromatic heterocycles. The van der Waals surface area contributed by atoms with Gasteiger partial charge in [0.2, 0.25) is 5.91 Å². The second-order valence-electron chi connectivity index (χ2n) is 8.00. The first-order valence-corrected chi connectivity index (χ1v) is 12.3. The number of hydrogen-bond donors (Lipinski definition) is 1. The van der Waals surface area contributed by atoms with E-state index >= 15 is 0 Å². The molecule has 2 aromatic rings. The molecule has 0 spiro atoms. The summed E-state index contributed by atoms with van der Waals surface area (Å²) in [4.78, 5) is 13.0. The average molecular weight is 487 g/mol. The van der Waals surface area contributed by atoms with Gasteiger partial charge in [-0.1, -0.05) is 43.0 Å². The number of sulfonamides is 1. The third kappa shape index (κ3) is 5.51. The van der Waals surface area contributed by atoms with Crippen molar-refractivity contribution in [1.82, 2.24) is 5.32 Å². The lowest BCUT2D eigenvalue weighted by molar-refractivity contribution is -0.122. The first kappa shape index (κ1) is 23.8. The van der Waals surface area contributed by atoms with E-state index in [0.29, 0.717) is 10.9 Å². The summed E-state index contributed by atoms with van der Waals surface area (Å²) in [5.74, 6) is -0.808. The predicted molar refractivity (Wildman–Crippen MR) is 122 cm³/mol. The Morgan fingerprint density at radius 1 is 1.13 bits per heavy atom. The van der Waals surface area contributed by atoms with Crippen molar-refractivity contribution >= 4 is 44.8 Å². The molecule has 0 radical (unpaired) electrons. The molecule has 1 saturated carbocycles. The van der Waals surface area contributed by atoms with Crippen LogP contribution in [0.3, 0.4) is 0 Å². The van der Waals surface area contributed by atoms with Crippen LogP contribution in [0, 0.1) is 11.7 Å². The topological polar surface area (TPSA) is 66.5 Å². The van der Waals surface area contributed by atoms with Crippen molar-refractivity contribution in [3.63, 3.8) is 0 Å². The molecule has 0 bridgehead atoms. The molecule has 31 heavy (non-hydrogen) atoms. The minimum atomic E-state index is -4.29. The summed E-state index contributed by atoms with van der Waals surface area (Å²) < 4.78 is 42.5. The highest BCUT2D eigenvalue weighted by molar-refractivity contribution is 7.93. The molecule has 1 aliphatic carbocycles. The van der Waals surface area contributed by atoms with Crippen molar-refractivity contribution in [2.45, 2.75) is 56.5 Å². The molecular weight excluding hydrogens is 462 g/mol. The van der Waals surface area contributed by atoms with Gasteiger partial charge in [0.15, 0.2) is 0 Å². The monoisotopic (exact) mass is 486 g/mol. The maximum atomic E-state index is 14.7. The van der Waals surface area contributed by atoms with Crippen molar-refractivity contribution in [2.75, 3.05) is 4.31 Å². The number of nitrogens with zero attached hydrogens (tertiary/aromatic N) is 1. The molecule has 9 heteroatoms. The van der Waals surface area contributed by atoms with E-state index in [-0.39, 0.29) is 21.6 Å². The summed E-state index contributed by atoms with van der Waals surface area (Å²) >= 11 is 11.9. The molecule has 1 N–H and O–H groups in total. The molecule has 1 fully saturated rings. The molecule has 168 valence electrons. The number of halogens is 3. The number of amides is 1. The summed E-state index contributed by atoms with van der Waals surface area (Å²) in [5, 5.41) is 3.46. The first-order valence-electron chi connectivity index (χ1n) is 10.1. The maximum Gasteiger partial charge on any atom is 0.265 e. The van der Waals surface area contributed by atoms with Gasteiger partial charge in [-0.25, -0.2) is 12.8 Å². The van der Waals surface area contributed by atoms with Crippen molar-refractivity contribution in [3.05, 3.63) is 58.3 Å². The Hall–Kier alpha value is -1.83. The highest BCUT2D eigenvalue weighted by Crippen LogP contribution is 2.32. The number of carbonyl (C=O) groups excluding carboxylic acids is 1. The fourth-order valence-corrected chi connectivity index (χ4v) is 5.82. The number of rotatable bonds is 6. The largest absolute Gasteiger partial charge is 0.352 e. The van der Waals surface area contributed by atoms with Crippen LogP contribution in [0.5, 0.6) is 0 Å². The molecule has 3 rings (SSSR count). The zero-order chi connectivity index (χ0) is 22.8. The predicted octanol–water partition coefficient (Wildman–Crippen LogP) is 5.41. The van der Waals surface area contributed by atoms with Gasteiger partial charge in [0, 0.05) is 16.1 Å². The van der Waals surface area contributed by atoms with Gasteiger partial charge in [-0.2, -0.15) is 0 Å². The van der Waals surface area contributed by atoms with Gasteiger partial charge in [-0.05, 0) is 68.1 Å². The third-order valence-corrected chi connectivity index (χ3v) is 7.92. The summed E-state index contributed by atoms with van der Waals surface area (Å²) in [6, 6.07) is 7.85. The Labute approximate surface area is 192 Å². The Morgan fingerprint density at radius 2 is 1.77 bits per heavy atom. The standard InChI is InChI=1S/C22H25Cl2FN2O3S/c1-14-4-3-5-18(12-14)26-22(28)15(2)27(21-13-17(24)8-11-20(21)25)31(29,30)19-9-6-16(23)7-10-19/h6-11,13-15,18H,3-5,12H2,1-2H3,(H,26,28). The van der Waals surface area contributed by atoms with Crippen LogP contribution in [0.2, 0.25) is 10.0 Å². The number of nitrogens with one attached hydrogen (secondary N) is 1. The number of benzene rings is 2. The highest BCUT2D eigenvalue weighted by Gasteiger charge is 2.36. The van der Waals surface area contributed by atoms with Gasteiger partial charge >= 0.3 is 0 Å². The van der Waals surface area contributed by atoms with Crippen molar-refractivity contribution in [2.24, 2.45) is 5.92 Å². The molecule has 1 aliphatic rings. The van der Waals surface area contributed by atoms with E-state index in [0.717, 1.165) is 36.1 Å². The molecule has 2 aromatic carbocycles. The van der Waals surface area contributed by atoms with E-state index in [1.54, 1.807) is 0 Å². The van der Waals surface area contributed by atoms with Crippen LogP contribution in [0.1, 0.15) is 39.5 Å². The van der Waals surface area contributed by atoms with Crippen LogP contribution in [0.25, 0.3) is 0 Å². The summed E-state index contributed by atoms with van der Waals surface area (Å²) in [6.07, 6.45) is 3.76. The molecule has 0 aliphatic heterocycles. The molecule has 1 amide bonds. The average Bonchev–Trinajstić information content (AvgIpc) is 2.71. The zero-order valence-electron chi connectivity index (χ0n) is 17.3. The second-order valence-corrected chi connectivity index (χ2v) is 10.7. The van der Waals surface area contributed by atoms with Crippen molar-refractivity contribution in [1.29, 1.82) is 0 Å².